The summed E-state index contributed by atoms with van der Waals surface area (Å²) in [5, 5.41) is 14.1. The molecule has 29 heavy (non-hydrogen) atoms. The van der Waals surface area contributed by atoms with Gasteiger partial charge < -0.3 is 15.2 Å². The summed E-state index contributed by atoms with van der Waals surface area (Å²) in [7, 11) is 0. The number of aliphatic hydroxyl groups excluding tert-OH is 1. The van der Waals surface area contributed by atoms with Gasteiger partial charge in [-0.25, -0.2) is 4.39 Å². The highest BCUT2D eigenvalue weighted by Gasteiger charge is 2.48. The zero-order valence-electron chi connectivity index (χ0n) is 16.4. The number of hydrogen-bond acceptors (Lipinski definition) is 5. The number of carbonyl (C=O) groups excluding carboxylic acids is 1. The number of aromatic nitrogens is 1. The molecule has 1 aliphatic carbocycles. The van der Waals surface area contributed by atoms with Crippen molar-refractivity contribution in [3.8, 4) is 5.75 Å². The molecule has 2 heterocycles. The van der Waals surface area contributed by atoms with E-state index in [1.165, 1.54) is 12.1 Å². The number of aryl methyl sites for hydroxylation is 1. The largest absolute Gasteiger partial charge is 0.487 e. The molecule has 6 nitrogen and oxygen atoms in total. The third-order valence-electron chi connectivity index (χ3n) is 5.84. The number of amides is 1. The van der Waals surface area contributed by atoms with Crippen molar-refractivity contribution in [1.82, 2.24) is 15.2 Å². The monoisotopic (exact) mass is 399 g/mol. The molecule has 0 unspecified atom stereocenters. The van der Waals surface area contributed by atoms with Crippen molar-refractivity contribution in [2.75, 3.05) is 13.1 Å². The maximum Gasteiger partial charge on any atom is 0.253 e. The summed E-state index contributed by atoms with van der Waals surface area (Å²) in [6.45, 7) is 3.56. The molecule has 2 aliphatic rings. The Morgan fingerprint density at radius 3 is 2.79 bits per heavy atom. The Kier molecular flexibility index (Phi) is 5.78. The van der Waals surface area contributed by atoms with Crippen LogP contribution in [0.1, 0.15) is 35.3 Å². The molecule has 1 aromatic heterocycles. The minimum absolute atomic E-state index is 0.205. The van der Waals surface area contributed by atoms with E-state index in [9.17, 15) is 14.3 Å². The molecule has 1 aliphatic heterocycles. The van der Waals surface area contributed by atoms with Gasteiger partial charge in [0.2, 0.25) is 0 Å². The van der Waals surface area contributed by atoms with Crippen LogP contribution in [0.2, 0.25) is 0 Å². The molecular formula is C22H26FN3O3. The quantitative estimate of drug-likeness (QED) is 0.807. The molecule has 2 aromatic rings. The van der Waals surface area contributed by atoms with E-state index in [4.69, 9.17) is 4.74 Å². The first-order valence-corrected chi connectivity index (χ1v) is 10.1. The predicted octanol–water partition coefficient (Wildman–Crippen LogP) is 2.30. The number of likely N-dealkylation sites (tertiary alicyclic amines) is 1. The average Bonchev–Trinajstić information content (AvgIpc) is 3.31. The Bertz CT molecular complexity index is 872. The van der Waals surface area contributed by atoms with E-state index in [1.54, 1.807) is 37.4 Å². The fourth-order valence-corrected chi connectivity index (χ4v) is 4.44. The molecule has 1 saturated heterocycles. The van der Waals surface area contributed by atoms with Gasteiger partial charge in [0.05, 0.1) is 17.6 Å². The highest BCUT2D eigenvalue weighted by Crippen LogP contribution is 2.31. The van der Waals surface area contributed by atoms with Crippen LogP contribution in [0.5, 0.6) is 5.75 Å². The fourth-order valence-electron chi connectivity index (χ4n) is 4.44. The van der Waals surface area contributed by atoms with Crippen molar-refractivity contribution < 1.29 is 19.0 Å². The van der Waals surface area contributed by atoms with Gasteiger partial charge in [0.15, 0.2) is 0 Å². The maximum atomic E-state index is 13.5. The first-order chi connectivity index (χ1) is 14.0. The van der Waals surface area contributed by atoms with Crippen LogP contribution >= 0.6 is 0 Å². The molecule has 0 spiro atoms. The van der Waals surface area contributed by atoms with Gasteiger partial charge in [0, 0.05) is 24.4 Å². The van der Waals surface area contributed by atoms with Crippen LogP contribution in [0, 0.1) is 12.7 Å². The highest BCUT2D eigenvalue weighted by atomic mass is 19.1. The molecule has 1 saturated carbocycles. The molecule has 2 N–H and O–H groups in total. The Hall–Kier alpha value is -2.51. The van der Waals surface area contributed by atoms with Crippen LogP contribution in [0.15, 0.2) is 42.6 Å². The topological polar surface area (TPSA) is 74.7 Å². The normalized spacial score (nSPS) is 27.1. The van der Waals surface area contributed by atoms with Gasteiger partial charge >= 0.3 is 0 Å². The summed E-state index contributed by atoms with van der Waals surface area (Å²) in [4.78, 5) is 19.3. The summed E-state index contributed by atoms with van der Waals surface area (Å²) in [6, 6.07) is 8.88. The van der Waals surface area contributed by atoms with E-state index in [0.29, 0.717) is 23.4 Å². The van der Waals surface area contributed by atoms with Gasteiger partial charge in [0.1, 0.15) is 23.8 Å². The summed E-state index contributed by atoms with van der Waals surface area (Å²) in [5.74, 6) is -0.212. The van der Waals surface area contributed by atoms with Crippen LogP contribution in [0.25, 0.3) is 0 Å². The van der Waals surface area contributed by atoms with Gasteiger partial charge in [-0.15, -0.1) is 0 Å². The number of nitrogens with zero attached hydrogens (tertiary/aromatic N) is 2. The summed E-state index contributed by atoms with van der Waals surface area (Å²) in [5.41, 5.74) is 1.19. The van der Waals surface area contributed by atoms with Crippen molar-refractivity contribution in [2.24, 2.45) is 0 Å². The SMILES string of the molecule is Cc1ncccc1C(=O)N[C@@H]1C[C@@H](Oc2cccc(F)c2)[C@H](O)[C@H]1N1CCCC1. The molecule has 1 amide bonds. The molecule has 1 aromatic carbocycles. The Morgan fingerprint density at radius 2 is 2.07 bits per heavy atom. The van der Waals surface area contributed by atoms with Crippen LogP contribution in [-0.2, 0) is 0 Å². The lowest BCUT2D eigenvalue weighted by Gasteiger charge is -2.32. The van der Waals surface area contributed by atoms with Crippen LogP contribution < -0.4 is 10.1 Å². The number of rotatable bonds is 5. The van der Waals surface area contributed by atoms with E-state index in [2.05, 4.69) is 15.2 Å². The van der Waals surface area contributed by atoms with Crippen LogP contribution in [-0.4, -0.2) is 58.3 Å². The van der Waals surface area contributed by atoms with Crippen molar-refractivity contribution in [2.45, 2.75) is 50.5 Å². The molecular weight excluding hydrogens is 373 g/mol. The van der Waals surface area contributed by atoms with E-state index in [0.717, 1.165) is 25.9 Å². The second-order valence-electron chi connectivity index (χ2n) is 7.79. The molecule has 0 bridgehead atoms. The molecule has 154 valence electrons. The van der Waals surface area contributed by atoms with E-state index >= 15 is 0 Å². The van der Waals surface area contributed by atoms with Gasteiger partial charge in [-0.1, -0.05) is 6.07 Å². The number of halogens is 1. The maximum absolute atomic E-state index is 13.5. The van der Waals surface area contributed by atoms with Crippen molar-refractivity contribution >= 4 is 5.91 Å². The Labute approximate surface area is 169 Å². The second kappa shape index (κ2) is 8.47. The Balaban J connectivity index is 1.53. The van der Waals surface area contributed by atoms with Gasteiger partial charge in [0.25, 0.3) is 5.91 Å². The third kappa shape index (κ3) is 4.26. The number of benzene rings is 1. The van der Waals surface area contributed by atoms with E-state index < -0.39 is 12.2 Å². The minimum atomic E-state index is -0.781. The third-order valence-corrected chi connectivity index (χ3v) is 5.84. The molecule has 0 radical (unpaired) electrons. The lowest BCUT2D eigenvalue weighted by Crippen LogP contribution is -2.52. The smallest absolute Gasteiger partial charge is 0.253 e. The molecule has 4 rings (SSSR count). The minimum Gasteiger partial charge on any atom is -0.487 e. The molecule has 2 fully saturated rings. The van der Waals surface area contributed by atoms with Gasteiger partial charge in [-0.3, -0.25) is 14.7 Å². The zero-order valence-corrected chi connectivity index (χ0v) is 16.4. The number of ether oxygens (including phenoxy) is 1. The van der Waals surface area contributed by atoms with Crippen molar-refractivity contribution in [3.05, 3.63) is 59.7 Å². The van der Waals surface area contributed by atoms with E-state index in [1.807, 2.05) is 0 Å². The summed E-state index contributed by atoms with van der Waals surface area (Å²) < 4.78 is 19.4. The van der Waals surface area contributed by atoms with Crippen LogP contribution in [0.3, 0.4) is 0 Å². The first-order valence-electron chi connectivity index (χ1n) is 10.1. The highest BCUT2D eigenvalue weighted by molar-refractivity contribution is 5.95. The molecule has 7 heteroatoms. The lowest BCUT2D eigenvalue weighted by molar-refractivity contribution is 0.0138. The van der Waals surface area contributed by atoms with Gasteiger partial charge in [-0.2, -0.15) is 0 Å². The number of hydrogen-bond donors (Lipinski definition) is 2. The van der Waals surface area contributed by atoms with Crippen LogP contribution in [0.4, 0.5) is 4.39 Å². The zero-order chi connectivity index (χ0) is 20.4. The first kappa shape index (κ1) is 19.8. The predicted molar refractivity (Wildman–Crippen MR) is 106 cm³/mol. The Morgan fingerprint density at radius 1 is 1.28 bits per heavy atom. The van der Waals surface area contributed by atoms with E-state index in [-0.39, 0.29) is 23.8 Å². The lowest BCUT2D eigenvalue weighted by atomic mass is 10.1. The van der Waals surface area contributed by atoms with Crippen molar-refractivity contribution in [3.63, 3.8) is 0 Å². The average molecular weight is 399 g/mol. The fraction of sp³-hybridized carbons (Fsp3) is 0.455. The summed E-state index contributed by atoms with van der Waals surface area (Å²) >= 11 is 0. The number of carbonyl (C=O) groups is 1. The molecule has 4 atom stereocenters. The summed E-state index contributed by atoms with van der Waals surface area (Å²) in [6.07, 6.45) is 2.94. The number of nitrogens with one attached hydrogen (secondary N) is 1. The van der Waals surface area contributed by atoms with Gasteiger partial charge in [-0.05, 0) is 57.1 Å². The standard InChI is InChI=1S/C22H26FN3O3/c1-14-17(8-5-9-24-14)22(28)25-18-13-19(29-16-7-4-6-15(23)12-16)21(27)20(18)26-10-2-3-11-26/h4-9,12,18-21,27H,2-3,10-11,13H2,1H3,(H,25,28)/t18-,19-,20+,21+/m1/s1. The number of pyridine rings is 1. The second-order valence-corrected chi connectivity index (χ2v) is 7.79. The van der Waals surface area contributed by atoms with Crippen molar-refractivity contribution in [1.29, 1.82) is 0 Å². The number of aliphatic hydroxyl groups is 1.